The lowest BCUT2D eigenvalue weighted by atomic mass is 10.0. The van der Waals surface area contributed by atoms with Crippen LogP contribution in [-0.4, -0.2) is 18.2 Å². The standard InChI is InChI=1S/C16H19N3O2/c1-2-20-16-12(17)7-8-15(19-16)18-13-9-10-21-14-6-4-3-5-11(13)14/h3-8,13H,2,9-10,17H2,1H3,(H,18,19). The first-order chi connectivity index (χ1) is 10.3. The molecule has 21 heavy (non-hydrogen) atoms. The van der Waals surface area contributed by atoms with Gasteiger partial charge in [0.2, 0.25) is 5.88 Å². The van der Waals surface area contributed by atoms with Crippen LogP contribution >= 0.6 is 0 Å². The number of anilines is 2. The van der Waals surface area contributed by atoms with Gasteiger partial charge in [0.15, 0.2) is 0 Å². The van der Waals surface area contributed by atoms with E-state index in [0.717, 1.165) is 23.6 Å². The van der Waals surface area contributed by atoms with Crippen LogP contribution in [0.5, 0.6) is 11.6 Å². The molecule has 2 aromatic rings. The number of aromatic nitrogens is 1. The summed E-state index contributed by atoms with van der Waals surface area (Å²) in [6.07, 6.45) is 0.896. The molecule has 0 amide bonds. The molecule has 0 saturated heterocycles. The van der Waals surface area contributed by atoms with Gasteiger partial charge in [-0.2, -0.15) is 4.98 Å². The number of nitrogens with zero attached hydrogens (tertiary/aromatic N) is 1. The van der Waals surface area contributed by atoms with Crippen molar-refractivity contribution in [2.45, 2.75) is 19.4 Å². The van der Waals surface area contributed by atoms with E-state index in [1.807, 2.05) is 37.3 Å². The third-order valence-corrected chi connectivity index (χ3v) is 3.45. The maximum Gasteiger partial charge on any atom is 0.239 e. The van der Waals surface area contributed by atoms with Gasteiger partial charge in [0.1, 0.15) is 11.6 Å². The number of nitrogen functional groups attached to an aromatic ring is 1. The Labute approximate surface area is 124 Å². The third kappa shape index (κ3) is 2.86. The van der Waals surface area contributed by atoms with Gasteiger partial charge in [0.05, 0.1) is 24.9 Å². The fraction of sp³-hybridized carbons (Fsp3) is 0.312. The van der Waals surface area contributed by atoms with E-state index in [1.165, 1.54) is 0 Å². The van der Waals surface area contributed by atoms with E-state index < -0.39 is 0 Å². The molecule has 5 heteroatoms. The first-order valence-electron chi connectivity index (χ1n) is 7.15. The molecule has 0 spiro atoms. The Bertz CT molecular complexity index is 631. The molecule has 3 N–H and O–H groups in total. The van der Waals surface area contributed by atoms with Crippen LogP contribution in [0.3, 0.4) is 0 Å². The van der Waals surface area contributed by atoms with Gasteiger partial charge in [-0.15, -0.1) is 0 Å². The van der Waals surface area contributed by atoms with E-state index in [9.17, 15) is 0 Å². The zero-order valence-corrected chi connectivity index (χ0v) is 12.0. The number of pyridine rings is 1. The minimum atomic E-state index is 0.181. The summed E-state index contributed by atoms with van der Waals surface area (Å²) in [6.45, 7) is 3.15. The summed E-state index contributed by atoms with van der Waals surface area (Å²) in [5.74, 6) is 2.17. The van der Waals surface area contributed by atoms with Gasteiger partial charge in [-0.25, -0.2) is 0 Å². The predicted octanol–water partition coefficient (Wildman–Crippen LogP) is 3.00. The molecule has 1 aromatic heterocycles. The van der Waals surface area contributed by atoms with Crippen LogP contribution in [0.2, 0.25) is 0 Å². The molecule has 5 nitrogen and oxygen atoms in total. The fourth-order valence-electron chi connectivity index (χ4n) is 2.45. The molecule has 2 heterocycles. The number of hydrogen-bond donors (Lipinski definition) is 2. The smallest absolute Gasteiger partial charge is 0.239 e. The second-order valence-electron chi connectivity index (χ2n) is 4.90. The van der Waals surface area contributed by atoms with Crippen molar-refractivity contribution in [3.8, 4) is 11.6 Å². The predicted molar refractivity (Wildman–Crippen MR) is 82.7 cm³/mol. The summed E-state index contributed by atoms with van der Waals surface area (Å²) in [5.41, 5.74) is 7.55. The molecule has 0 saturated carbocycles. The third-order valence-electron chi connectivity index (χ3n) is 3.45. The van der Waals surface area contributed by atoms with E-state index in [2.05, 4.69) is 16.4 Å². The van der Waals surface area contributed by atoms with Crippen molar-refractivity contribution in [2.75, 3.05) is 24.3 Å². The van der Waals surface area contributed by atoms with Crippen molar-refractivity contribution in [1.82, 2.24) is 4.98 Å². The van der Waals surface area contributed by atoms with Crippen molar-refractivity contribution in [1.29, 1.82) is 0 Å². The number of para-hydroxylation sites is 1. The van der Waals surface area contributed by atoms with Crippen molar-refractivity contribution in [3.63, 3.8) is 0 Å². The van der Waals surface area contributed by atoms with E-state index in [1.54, 1.807) is 0 Å². The number of rotatable bonds is 4. The van der Waals surface area contributed by atoms with Crippen LogP contribution in [0.25, 0.3) is 0 Å². The molecule has 0 aliphatic carbocycles. The number of nitrogens with two attached hydrogens (primary N) is 1. The van der Waals surface area contributed by atoms with E-state index >= 15 is 0 Å². The number of nitrogens with one attached hydrogen (secondary N) is 1. The number of hydrogen-bond acceptors (Lipinski definition) is 5. The van der Waals surface area contributed by atoms with Crippen LogP contribution in [0.4, 0.5) is 11.5 Å². The number of ether oxygens (including phenoxy) is 2. The second-order valence-corrected chi connectivity index (χ2v) is 4.90. The molecule has 1 aliphatic heterocycles. The zero-order chi connectivity index (χ0) is 14.7. The minimum absolute atomic E-state index is 0.181. The largest absolute Gasteiger partial charge is 0.493 e. The minimum Gasteiger partial charge on any atom is -0.493 e. The van der Waals surface area contributed by atoms with Crippen LogP contribution in [-0.2, 0) is 0 Å². The lowest BCUT2D eigenvalue weighted by molar-refractivity contribution is 0.274. The molecular formula is C16H19N3O2. The quantitative estimate of drug-likeness (QED) is 0.903. The average molecular weight is 285 g/mol. The van der Waals surface area contributed by atoms with Gasteiger partial charge in [-0.05, 0) is 25.1 Å². The van der Waals surface area contributed by atoms with Crippen LogP contribution in [0.15, 0.2) is 36.4 Å². The Morgan fingerprint density at radius 3 is 3.05 bits per heavy atom. The normalized spacial score (nSPS) is 16.7. The average Bonchev–Trinajstić information content (AvgIpc) is 2.51. The highest BCUT2D eigenvalue weighted by Crippen LogP contribution is 2.34. The summed E-state index contributed by atoms with van der Waals surface area (Å²) in [7, 11) is 0. The summed E-state index contributed by atoms with van der Waals surface area (Å²) < 4.78 is 11.1. The van der Waals surface area contributed by atoms with Crippen LogP contribution < -0.4 is 20.5 Å². The summed E-state index contributed by atoms with van der Waals surface area (Å²) >= 11 is 0. The fourth-order valence-corrected chi connectivity index (χ4v) is 2.45. The first-order valence-corrected chi connectivity index (χ1v) is 7.15. The topological polar surface area (TPSA) is 69.4 Å². The van der Waals surface area contributed by atoms with Crippen molar-refractivity contribution in [2.24, 2.45) is 0 Å². The van der Waals surface area contributed by atoms with Gasteiger partial charge in [-0.3, -0.25) is 0 Å². The molecule has 0 radical (unpaired) electrons. The molecule has 0 bridgehead atoms. The monoisotopic (exact) mass is 285 g/mol. The Kier molecular flexibility index (Phi) is 3.81. The number of fused-ring (bicyclic) bond motifs is 1. The molecule has 0 fully saturated rings. The van der Waals surface area contributed by atoms with Gasteiger partial charge < -0.3 is 20.5 Å². The summed E-state index contributed by atoms with van der Waals surface area (Å²) in [5, 5.41) is 3.44. The Hall–Kier alpha value is -2.43. The molecule has 1 aliphatic rings. The van der Waals surface area contributed by atoms with Gasteiger partial charge in [0, 0.05) is 12.0 Å². The Morgan fingerprint density at radius 1 is 1.33 bits per heavy atom. The van der Waals surface area contributed by atoms with Crippen molar-refractivity contribution >= 4 is 11.5 Å². The molecule has 1 atom stereocenters. The Balaban J connectivity index is 1.83. The second kappa shape index (κ2) is 5.91. The van der Waals surface area contributed by atoms with Crippen LogP contribution in [0, 0.1) is 0 Å². The van der Waals surface area contributed by atoms with Crippen molar-refractivity contribution < 1.29 is 9.47 Å². The van der Waals surface area contributed by atoms with E-state index in [0.29, 0.717) is 24.8 Å². The van der Waals surface area contributed by atoms with E-state index in [4.69, 9.17) is 15.2 Å². The van der Waals surface area contributed by atoms with Crippen molar-refractivity contribution in [3.05, 3.63) is 42.0 Å². The molecular weight excluding hydrogens is 266 g/mol. The lowest BCUT2D eigenvalue weighted by Gasteiger charge is -2.27. The van der Waals surface area contributed by atoms with Gasteiger partial charge >= 0.3 is 0 Å². The van der Waals surface area contributed by atoms with Crippen LogP contribution in [0.1, 0.15) is 24.9 Å². The Morgan fingerprint density at radius 2 is 2.19 bits per heavy atom. The highest BCUT2D eigenvalue weighted by Gasteiger charge is 2.21. The van der Waals surface area contributed by atoms with E-state index in [-0.39, 0.29) is 6.04 Å². The molecule has 3 rings (SSSR count). The maximum absolute atomic E-state index is 5.85. The summed E-state index contributed by atoms with van der Waals surface area (Å²) in [4.78, 5) is 4.43. The zero-order valence-electron chi connectivity index (χ0n) is 12.0. The molecule has 1 unspecified atom stereocenters. The summed E-state index contributed by atoms with van der Waals surface area (Å²) in [6, 6.07) is 11.9. The highest BCUT2D eigenvalue weighted by molar-refractivity contribution is 5.54. The molecule has 1 aromatic carbocycles. The van der Waals surface area contributed by atoms with Gasteiger partial charge in [-0.1, -0.05) is 18.2 Å². The molecule has 110 valence electrons. The highest BCUT2D eigenvalue weighted by atomic mass is 16.5. The number of benzene rings is 1. The maximum atomic E-state index is 5.85. The SMILES string of the molecule is CCOc1nc(NC2CCOc3ccccc32)ccc1N. The lowest BCUT2D eigenvalue weighted by Crippen LogP contribution is -2.20. The first kappa shape index (κ1) is 13.5. The van der Waals surface area contributed by atoms with Gasteiger partial charge in [0.25, 0.3) is 0 Å².